The van der Waals surface area contributed by atoms with Crippen LogP contribution < -0.4 is 46.4 Å². The first kappa shape index (κ1) is 87.3. The van der Waals surface area contributed by atoms with Crippen LogP contribution >= 0.6 is 0 Å². The van der Waals surface area contributed by atoms with Gasteiger partial charge in [0.15, 0.2) is 20.2 Å². The molecule has 0 bridgehead atoms. The Balaban J connectivity index is 0.000000214. The van der Waals surface area contributed by atoms with Crippen molar-refractivity contribution in [1.29, 1.82) is 0 Å². The summed E-state index contributed by atoms with van der Waals surface area (Å²) in [4.78, 5) is 132. The third-order valence-electron chi connectivity index (χ3n) is 17.2. The number of aryl methyl sites for hydroxylation is 1. The number of anilines is 3. The molecule has 1 unspecified atom stereocenters. The molecule has 35 nitrogen and oxygen atoms in total. The van der Waals surface area contributed by atoms with E-state index in [0.29, 0.717) is 101 Å². The van der Waals surface area contributed by atoms with Crippen molar-refractivity contribution >= 4 is 76.6 Å². The minimum atomic E-state index is -0.898. The van der Waals surface area contributed by atoms with Crippen molar-refractivity contribution in [3.63, 3.8) is 0 Å². The maximum absolute atomic E-state index is 13.0. The molecule has 7 aromatic carbocycles. The van der Waals surface area contributed by atoms with Crippen LogP contribution in [0, 0.1) is 0 Å². The highest BCUT2D eigenvalue weighted by Gasteiger charge is 2.44. The van der Waals surface area contributed by atoms with Crippen LogP contribution in [-0.2, 0) is 47.1 Å². The van der Waals surface area contributed by atoms with Crippen LogP contribution in [-0.4, -0.2) is 151 Å². The summed E-state index contributed by atoms with van der Waals surface area (Å²) in [6.07, 6.45) is 9.53. The number of urea groups is 3. The second-order valence-electron chi connectivity index (χ2n) is 25.4. The van der Waals surface area contributed by atoms with Gasteiger partial charge in [-0.1, -0.05) is 117 Å². The molecule has 598 valence electrons. The van der Waals surface area contributed by atoms with Gasteiger partial charge >= 0.3 is 24.1 Å². The fourth-order valence-corrected chi connectivity index (χ4v) is 11.1. The molecule has 0 radical (unpaired) electrons. The van der Waals surface area contributed by atoms with E-state index < -0.39 is 41.5 Å². The summed E-state index contributed by atoms with van der Waals surface area (Å²) in [6, 6.07) is 46.0. The largest absolute Gasteiger partial charge is 0.488 e. The number of hydrogen-bond donors (Lipinski definition) is 8. The number of amides is 12. The fourth-order valence-electron chi connectivity index (χ4n) is 11.1. The Morgan fingerprint density at radius 3 is 1.27 bits per heavy atom. The zero-order valence-corrected chi connectivity index (χ0v) is 63.7. The van der Waals surface area contributed by atoms with Crippen LogP contribution in [0.2, 0.25) is 0 Å². The minimum Gasteiger partial charge on any atom is -0.488 e. The molecule has 8 aromatic rings. The van der Waals surface area contributed by atoms with Crippen LogP contribution in [0.1, 0.15) is 160 Å². The number of unbranched alkanes of at least 4 members (excludes halogenated alkanes) is 3. The molecule has 1 atom stereocenters. The van der Waals surface area contributed by atoms with Crippen LogP contribution in [0.25, 0.3) is 20.9 Å². The molecule has 12 amide bonds. The summed E-state index contributed by atoms with van der Waals surface area (Å²) in [5.74, 6) is -1.77. The summed E-state index contributed by atoms with van der Waals surface area (Å²) in [6.45, 7) is 11.3. The second kappa shape index (κ2) is 46.6. The fraction of sp³-hybridized carbons (Fsp3) is 0.316. The molecule has 10 rings (SSSR count). The normalized spacial score (nSPS) is 12.2. The average molecular weight is 1560 g/mol. The van der Waals surface area contributed by atoms with E-state index in [9.17, 15) is 47.9 Å². The Kier molecular flexibility index (Phi) is 35.7. The van der Waals surface area contributed by atoms with Gasteiger partial charge in [-0.15, -0.1) is 5.10 Å². The Morgan fingerprint density at radius 2 is 0.921 bits per heavy atom. The monoisotopic (exact) mass is 1560 g/mol. The zero-order valence-electron chi connectivity index (χ0n) is 63.7. The van der Waals surface area contributed by atoms with Crippen molar-refractivity contribution in [1.82, 2.24) is 50.9 Å². The van der Waals surface area contributed by atoms with Gasteiger partial charge in [-0.25, -0.2) is 34.8 Å². The molecule has 1 fully saturated rings. The van der Waals surface area contributed by atoms with Crippen LogP contribution in [0.15, 0.2) is 186 Å². The van der Waals surface area contributed by atoms with Crippen molar-refractivity contribution in [2.24, 2.45) is 10.2 Å². The number of azide groups is 2. The van der Waals surface area contributed by atoms with Gasteiger partial charge in [0, 0.05) is 83.7 Å². The van der Waals surface area contributed by atoms with Crippen LogP contribution in [0.4, 0.5) is 31.4 Å². The third-order valence-corrected chi connectivity index (χ3v) is 17.2. The summed E-state index contributed by atoms with van der Waals surface area (Å²) in [5.41, 5.74) is 26.9. The van der Waals surface area contributed by atoms with E-state index in [2.05, 4.69) is 72.4 Å². The van der Waals surface area contributed by atoms with E-state index in [1.807, 2.05) is 25.3 Å². The number of methoxy groups -OCH3 is 1. The lowest BCUT2D eigenvalue weighted by molar-refractivity contribution is -0.136. The van der Waals surface area contributed by atoms with Gasteiger partial charge in [0.25, 0.3) is 23.6 Å². The number of carbonyl (C=O) groups is 10. The lowest BCUT2D eigenvalue weighted by atomic mass is 10.0. The van der Waals surface area contributed by atoms with Gasteiger partial charge in [-0.05, 0) is 181 Å². The standard InChI is InChI=1S/C25H32N6O4.C21H25N5O4.C20H24N6O4.C13H10N2O4/c1-3-5-15-30(16-19-7-9-20(10-8-19)24(32)28-34)25(33)26-21-11-13-23(14-12-21)35-18-31-17-22(6-4-2)27-29-31;1-3-4-13-26(14-16-5-7-17(8-6-16)20(27)29-2)21(28)24-18-9-11-19(12-10-18)30-15-23-25-22;1-2-3-12-26(13-15-4-6-16(7-5-15)19(27)24-29)20(28)23-17-8-10-18(11-9-17)30-14-22-25-21;16-10-6-5-9(11(17)14-10)15-12(18)7-3-1-2-4-8(7)13(15)19/h7-14,17,34H,3-6,15-16,18H2,1-2H3,(H,26,33)(H,28,32);5-12H,3-4,13-15H2,1-2H3,(H,24,28);4-11,29H,2-3,12-14H2,1H3,(H,23,28)(H,24,27);1-4,9H,5-6H2,(H,14,16,17). The molecular weight excluding hydrogens is 1470 g/mol. The van der Waals surface area contributed by atoms with Gasteiger partial charge in [-0.3, -0.25) is 49.4 Å². The van der Waals surface area contributed by atoms with E-state index in [1.165, 1.54) is 7.11 Å². The van der Waals surface area contributed by atoms with Crippen LogP contribution in [0.3, 0.4) is 0 Å². The number of nitrogens with one attached hydrogen (secondary N) is 6. The van der Waals surface area contributed by atoms with Crippen molar-refractivity contribution < 1.29 is 77.3 Å². The molecule has 114 heavy (non-hydrogen) atoms. The molecule has 1 saturated heterocycles. The predicted octanol–water partition coefficient (Wildman–Crippen LogP) is 13.5. The number of hydroxylamine groups is 2. The number of imide groups is 2. The van der Waals surface area contributed by atoms with Crippen molar-refractivity contribution in [3.05, 3.63) is 247 Å². The molecule has 2 aliphatic heterocycles. The summed E-state index contributed by atoms with van der Waals surface area (Å²) < 4.78 is 22.6. The first-order valence-corrected chi connectivity index (χ1v) is 36.6. The quantitative estimate of drug-likeness (QED) is 0.00360. The first-order chi connectivity index (χ1) is 55.2. The maximum Gasteiger partial charge on any atom is 0.337 e. The molecule has 35 heteroatoms. The number of piperidine rings is 1. The highest BCUT2D eigenvalue weighted by molar-refractivity contribution is 6.23. The van der Waals surface area contributed by atoms with Gasteiger partial charge in [0.1, 0.15) is 23.3 Å². The lowest BCUT2D eigenvalue weighted by Crippen LogP contribution is -2.54. The van der Waals surface area contributed by atoms with E-state index in [-0.39, 0.29) is 57.0 Å². The highest BCUT2D eigenvalue weighted by Crippen LogP contribution is 2.28. The van der Waals surface area contributed by atoms with E-state index in [4.69, 9.17) is 40.4 Å². The first-order valence-electron chi connectivity index (χ1n) is 36.6. The van der Waals surface area contributed by atoms with Gasteiger partial charge in [0.05, 0.1) is 35.7 Å². The Bertz CT molecular complexity index is 4430. The summed E-state index contributed by atoms with van der Waals surface area (Å²) in [5, 5.41) is 43.0. The minimum absolute atomic E-state index is 0.0955. The molecular formula is C79H91N19O16. The Labute approximate surface area is 657 Å². The molecule has 3 heterocycles. The van der Waals surface area contributed by atoms with E-state index >= 15 is 0 Å². The predicted molar refractivity (Wildman–Crippen MR) is 419 cm³/mol. The molecule has 0 saturated carbocycles. The SMILES string of the molecule is CCCCN(Cc1ccc(C(=O)NO)cc1)C(=O)Nc1ccc(OCN=[N+]=[N-])cc1.CCCCN(Cc1ccc(C(=O)NO)cc1)C(=O)Nc1ccc(OCn2cc(CCC)nn2)cc1.CCCCN(Cc1ccc(C(=O)OC)cc1)C(=O)Nc1ccc(OCN=[N+]=[N-])cc1.O=C1CCC(N2C(=O)c3ccccc3C2=O)C(=O)N1. The summed E-state index contributed by atoms with van der Waals surface area (Å²) in [7, 11) is 1.34. The van der Waals surface area contributed by atoms with Crippen LogP contribution in [0.5, 0.6) is 17.2 Å². The van der Waals surface area contributed by atoms with Crippen molar-refractivity contribution in [2.45, 2.75) is 124 Å². The molecule has 0 spiro atoms. The molecule has 1 aromatic heterocycles. The van der Waals surface area contributed by atoms with Gasteiger partial charge < -0.3 is 49.6 Å². The van der Waals surface area contributed by atoms with E-state index in [1.54, 1.807) is 188 Å². The number of carbonyl (C=O) groups excluding carboxylic acids is 10. The number of nitrogens with zero attached hydrogens (tertiary/aromatic N) is 13. The zero-order chi connectivity index (χ0) is 82.2. The number of ether oxygens (including phenoxy) is 4. The van der Waals surface area contributed by atoms with Gasteiger partial charge in [-0.2, -0.15) is 0 Å². The number of esters is 1. The second-order valence-corrected chi connectivity index (χ2v) is 25.4. The topological polar surface area (TPSA) is 461 Å². The van der Waals surface area contributed by atoms with E-state index in [0.717, 1.165) is 78.7 Å². The highest BCUT2D eigenvalue weighted by atomic mass is 16.5. The number of hydrogen-bond acceptors (Lipinski definition) is 20. The van der Waals surface area contributed by atoms with Crippen molar-refractivity contribution in [3.8, 4) is 17.2 Å². The maximum atomic E-state index is 13.0. The summed E-state index contributed by atoms with van der Waals surface area (Å²) >= 11 is 0. The number of benzene rings is 7. The molecule has 2 aliphatic rings. The smallest absolute Gasteiger partial charge is 0.337 e. The molecule has 0 aliphatic carbocycles. The lowest BCUT2D eigenvalue weighted by Gasteiger charge is -2.27. The average Bonchev–Trinajstić information content (AvgIpc) is 1.61. The third kappa shape index (κ3) is 27.6. The van der Waals surface area contributed by atoms with Gasteiger partial charge in [0.2, 0.25) is 11.8 Å². The number of fused-ring (bicyclic) bond motifs is 1. The number of rotatable bonds is 33. The molecule has 8 N–H and O–H groups in total. The Morgan fingerprint density at radius 1 is 0.535 bits per heavy atom. The number of aromatic nitrogens is 3. The van der Waals surface area contributed by atoms with Crippen molar-refractivity contribution in [2.75, 3.05) is 56.2 Å². The Hall–Kier alpha value is -13.9.